The maximum atomic E-state index is 10.9. The van der Waals surface area contributed by atoms with Crippen molar-refractivity contribution in [1.82, 2.24) is 9.80 Å². The number of carboxylic acid groups (broad SMARTS) is 1. The van der Waals surface area contributed by atoms with Crippen LogP contribution in [0.1, 0.15) is 37.8 Å². The van der Waals surface area contributed by atoms with Crippen molar-refractivity contribution >= 4 is 5.97 Å². The topological polar surface area (TPSA) is 43.8 Å². The lowest BCUT2D eigenvalue weighted by Crippen LogP contribution is -2.46. The molecule has 2 rings (SSSR count). The van der Waals surface area contributed by atoms with E-state index in [0.717, 1.165) is 45.4 Å². The normalized spacial score (nSPS) is 17.0. The van der Waals surface area contributed by atoms with Crippen molar-refractivity contribution < 1.29 is 9.90 Å². The maximum Gasteiger partial charge on any atom is 0.317 e. The summed E-state index contributed by atoms with van der Waals surface area (Å²) in [5, 5.41) is 8.99. The zero-order chi connectivity index (χ0) is 15.9. The van der Waals surface area contributed by atoms with Gasteiger partial charge in [-0.3, -0.25) is 14.6 Å². The van der Waals surface area contributed by atoms with Gasteiger partial charge in [0.15, 0.2) is 0 Å². The molecule has 122 valence electrons. The Morgan fingerprint density at radius 1 is 1.27 bits per heavy atom. The standard InChI is InChI=1S/C18H28N2O2/c1-3-15-6-5-7-16(12-15)13-19-10-8-17(9-11-19)20(4-2)14-18(21)22/h5-7,12,17H,3-4,8-11,13-14H2,1-2H3,(H,21,22). The summed E-state index contributed by atoms with van der Waals surface area (Å²) < 4.78 is 0. The minimum Gasteiger partial charge on any atom is -0.480 e. The van der Waals surface area contributed by atoms with E-state index in [0.29, 0.717) is 6.04 Å². The van der Waals surface area contributed by atoms with E-state index < -0.39 is 5.97 Å². The largest absolute Gasteiger partial charge is 0.480 e. The first kappa shape index (κ1) is 17.0. The molecule has 1 aromatic rings. The molecule has 0 bridgehead atoms. The van der Waals surface area contributed by atoms with Gasteiger partial charge in [0.05, 0.1) is 6.54 Å². The highest BCUT2D eigenvalue weighted by Crippen LogP contribution is 2.19. The van der Waals surface area contributed by atoms with Crippen molar-refractivity contribution in [3.05, 3.63) is 35.4 Å². The highest BCUT2D eigenvalue weighted by Gasteiger charge is 2.24. The molecule has 0 saturated carbocycles. The van der Waals surface area contributed by atoms with Gasteiger partial charge in [0.25, 0.3) is 0 Å². The molecule has 1 saturated heterocycles. The van der Waals surface area contributed by atoms with Gasteiger partial charge in [-0.1, -0.05) is 38.1 Å². The second-order valence-corrected chi connectivity index (χ2v) is 6.14. The van der Waals surface area contributed by atoms with Crippen LogP contribution < -0.4 is 0 Å². The van der Waals surface area contributed by atoms with Crippen LogP contribution in [0.15, 0.2) is 24.3 Å². The van der Waals surface area contributed by atoms with E-state index in [1.165, 1.54) is 11.1 Å². The summed E-state index contributed by atoms with van der Waals surface area (Å²) in [4.78, 5) is 15.5. The van der Waals surface area contributed by atoms with Gasteiger partial charge in [-0.15, -0.1) is 0 Å². The third kappa shape index (κ3) is 4.82. The Morgan fingerprint density at radius 2 is 1.95 bits per heavy atom. The summed E-state index contributed by atoms with van der Waals surface area (Å²) in [6.45, 7) is 8.33. The van der Waals surface area contributed by atoms with E-state index >= 15 is 0 Å². The summed E-state index contributed by atoms with van der Waals surface area (Å²) in [7, 11) is 0. The van der Waals surface area contributed by atoms with Crippen LogP contribution in [0.5, 0.6) is 0 Å². The average molecular weight is 304 g/mol. The van der Waals surface area contributed by atoms with E-state index in [4.69, 9.17) is 5.11 Å². The summed E-state index contributed by atoms with van der Waals surface area (Å²) in [5.74, 6) is -0.722. The van der Waals surface area contributed by atoms with E-state index in [2.05, 4.69) is 41.0 Å². The zero-order valence-corrected chi connectivity index (χ0v) is 13.8. The highest BCUT2D eigenvalue weighted by molar-refractivity contribution is 5.69. The van der Waals surface area contributed by atoms with Crippen LogP contribution in [0.3, 0.4) is 0 Å². The SMILES string of the molecule is CCc1cccc(CN2CCC(N(CC)CC(=O)O)CC2)c1. The number of likely N-dealkylation sites (N-methyl/N-ethyl adjacent to an activating group) is 1. The van der Waals surface area contributed by atoms with E-state index in [1.54, 1.807) is 0 Å². The van der Waals surface area contributed by atoms with Crippen molar-refractivity contribution in [2.45, 2.75) is 45.7 Å². The van der Waals surface area contributed by atoms with Crippen LogP contribution in [0, 0.1) is 0 Å². The summed E-state index contributed by atoms with van der Waals surface area (Å²) in [6, 6.07) is 9.25. The van der Waals surface area contributed by atoms with E-state index in [-0.39, 0.29) is 6.54 Å². The molecule has 0 atom stereocenters. The smallest absolute Gasteiger partial charge is 0.317 e. The Balaban J connectivity index is 1.84. The molecule has 0 aliphatic carbocycles. The third-order valence-electron chi connectivity index (χ3n) is 4.62. The number of piperidine rings is 1. The summed E-state index contributed by atoms with van der Waals surface area (Å²) in [5.41, 5.74) is 2.78. The average Bonchev–Trinajstić information content (AvgIpc) is 2.53. The van der Waals surface area contributed by atoms with Gasteiger partial charge in [-0.05, 0) is 50.0 Å². The summed E-state index contributed by atoms with van der Waals surface area (Å²) in [6.07, 6.45) is 3.21. The number of benzene rings is 1. The molecule has 0 spiro atoms. The van der Waals surface area contributed by atoms with Gasteiger partial charge in [0.2, 0.25) is 0 Å². The Labute approximate surface area is 133 Å². The van der Waals surface area contributed by atoms with Gasteiger partial charge in [0.1, 0.15) is 0 Å². The molecule has 0 radical (unpaired) electrons. The van der Waals surface area contributed by atoms with Crippen molar-refractivity contribution in [1.29, 1.82) is 0 Å². The number of rotatable bonds is 7. The third-order valence-corrected chi connectivity index (χ3v) is 4.62. The molecule has 0 unspecified atom stereocenters. The molecule has 0 amide bonds. The Bertz CT molecular complexity index is 482. The fourth-order valence-corrected chi connectivity index (χ4v) is 3.32. The predicted molar refractivity (Wildman–Crippen MR) is 89.0 cm³/mol. The monoisotopic (exact) mass is 304 g/mol. The van der Waals surface area contributed by atoms with Crippen LogP contribution in [-0.4, -0.2) is 53.1 Å². The van der Waals surface area contributed by atoms with Crippen LogP contribution in [-0.2, 0) is 17.8 Å². The fraction of sp³-hybridized carbons (Fsp3) is 0.611. The second kappa shape index (κ2) is 8.30. The van der Waals surface area contributed by atoms with Crippen molar-refractivity contribution in [2.75, 3.05) is 26.2 Å². The lowest BCUT2D eigenvalue weighted by molar-refractivity contribution is -0.139. The predicted octanol–water partition coefficient (Wildman–Crippen LogP) is 2.62. The molecule has 1 aliphatic heterocycles. The number of likely N-dealkylation sites (tertiary alicyclic amines) is 1. The molecule has 1 fully saturated rings. The summed E-state index contributed by atoms with van der Waals surface area (Å²) >= 11 is 0. The highest BCUT2D eigenvalue weighted by atomic mass is 16.4. The first-order valence-corrected chi connectivity index (χ1v) is 8.38. The Kier molecular flexibility index (Phi) is 6.40. The zero-order valence-electron chi connectivity index (χ0n) is 13.8. The molecule has 4 heteroatoms. The van der Waals surface area contributed by atoms with Gasteiger partial charge in [-0.25, -0.2) is 0 Å². The number of aliphatic carboxylic acids is 1. The minimum atomic E-state index is -0.722. The molecule has 1 aromatic carbocycles. The molecule has 1 heterocycles. The molecule has 1 N–H and O–H groups in total. The molecule has 1 aliphatic rings. The first-order valence-electron chi connectivity index (χ1n) is 8.38. The second-order valence-electron chi connectivity index (χ2n) is 6.14. The van der Waals surface area contributed by atoms with Gasteiger partial charge in [0, 0.05) is 12.6 Å². The minimum absolute atomic E-state index is 0.166. The quantitative estimate of drug-likeness (QED) is 0.841. The van der Waals surface area contributed by atoms with Crippen LogP contribution >= 0.6 is 0 Å². The van der Waals surface area contributed by atoms with E-state index in [9.17, 15) is 4.79 Å². The van der Waals surface area contributed by atoms with Crippen LogP contribution in [0.2, 0.25) is 0 Å². The number of carbonyl (C=O) groups is 1. The maximum absolute atomic E-state index is 10.9. The van der Waals surface area contributed by atoms with Crippen LogP contribution in [0.25, 0.3) is 0 Å². The van der Waals surface area contributed by atoms with Crippen molar-refractivity contribution in [3.63, 3.8) is 0 Å². The number of carboxylic acids is 1. The van der Waals surface area contributed by atoms with E-state index in [1.807, 2.05) is 6.92 Å². The molecular formula is C18H28N2O2. The lowest BCUT2D eigenvalue weighted by atomic mass is 10.0. The Morgan fingerprint density at radius 3 is 2.55 bits per heavy atom. The molecule has 0 aromatic heterocycles. The molecule has 22 heavy (non-hydrogen) atoms. The van der Waals surface area contributed by atoms with Gasteiger partial charge >= 0.3 is 5.97 Å². The number of aryl methyl sites for hydroxylation is 1. The number of nitrogens with zero attached hydrogens (tertiary/aromatic N) is 2. The first-order chi connectivity index (χ1) is 10.6. The lowest BCUT2D eigenvalue weighted by Gasteiger charge is -2.37. The van der Waals surface area contributed by atoms with Crippen LogP contribution in [0.4, 0.5) is 0 Å². The molecule has 4 nitrogen and oxygen atoms in total. The van der Waals surface area contributed by atoms with Crippen molar-refractivity contribution in [2.24, 2.45) is 0 Å². The van der Waals surface area contributed by atoms with Gasteiger partial charge < -0.3 is 5.11 Å². The fourth-order valence-electron chi connectivity index (χ4n) is 3.32. The molecular weight excluding hydrogens is 276 g/mol. The number of hydrogen-bond acceptors (Lipinski definition) is 3. The van der Waals surface area contributed by atoms with Crippen molar-refractivity contribution in [3.8, 4) is 0 Å². The number of hydrogen-bond donors (Lipinski definition) is 1. The van der Waals surface area contributed by atoms with Gasteiger partial charge in [-0.2, -0.15) is 0 Å². The Hall–Kier alpha value is -1.39.